The van der Waals surface area contributed by atoms with Gasteiger partial charge in [-0.2, -0.15) is 20.3 Å². The number of nitrogen functional groups attached to an aromatic ring is 1. The van der Waals surface area contributed by atoms with Crippen molar-refractivity contribution in [3.05, 3.63) is 58.4 Å². The van der Waals surface area contributed by atoms with E-state index in [2.05, 4.69) is 33.0 Å². The monoisotopic (exact) mass is 731 g/mol. The second-order valence-electron chi connectivity index (χ2n) is 13.8. The first-order valence-electron chi connectivity index (χ1n) is 17.0. The van der Waals surface area contributed by atoms with E-state index in [1.807, 2.05) is 11.8 Å². The summed E-state index contributed by atoms with van der Waals surface area (Å²) in [4.78, 5) is 29.5. The Hall–Kier alpha value is -4.58. The van der Waals surface area contributed by atoms with Crippen LogP contribution in [0.5, 0.6) is 6.01 Å². The van der Waals surface area contributed by atoms with Gasteiger partial charge in [0.05, 0.1) is 20.8 Å². The number of piperidine rings is 1. The Labute approximate surface area is 302 Å². The third-order valence-corrected chi connectivity index (χ3v) is 12.3. The Bertz CT molecular complexity index is 2270. The van der Waals surface area contributed by atoms with Gasteiger partial charge in [0.15, 0.2) is 5.82 Å². The molecule has 8 rings (SSSR count). The van der Waals surface area contributed by atoms with Gasteiger partial charge in [0.2, 0.25) is 0 Å². The maximum atomic E-state index is 17.2. The number of carbonyl (C=O) groups excluding carboxylic acids is 1. The van der Waals surface area contributed by atoms with E-state index in [4.69, 9.17) is 27.1 Å². The van der Waals surface area contributed by atoms with E-state index in [1.165, 1.54) is 12.1 Å². The Morgan fingerprint density at radius 3 is 2.69 bits per heavy atom. The zero-order valence-corrected chi connectivity index (χ0v) is 30.0. The Balaban J connectivity index is 1.26. The quantitative estimate of drug-likeness (QED) is 0.212. The molecule has 1 spiro atoms. The van der Waals surface area contributed by atoms with Crippen molar-refractivity contribution in [2.75, 3.05) is 43.9 Å². The number of nitrogens with two attached hydrogens (primary N) is 1. The maximum absolute atomic E-state index is 17.2. The highest BCUT2D eigenvalue weighted by molar-refractivity contribution is 7.23. The van der Waals surface area contributed by atoms with Gasteiger partial charge in [-0.05, 0) is 76.4 Å². The van der Waals surface area contributed by atoms with Gasteiger partial charge in [-0.3, -0.25) is 14.4 Å². The third-order valence-electron chi connectivity index (χ3n) is 11.0. The number of thiophene rings is 1. The Morgan fingerprint density at radius 2 is 2.00 bits per heavy atom. The van der Waals surface area contributed by atoms with Crippen molar-refractivity contribution < 1.29 is 18.3 Å². The Morgan fingerprint density at radius 1 is 1.18 bits per heavy atom. The van der Waals surface area contributed by atoms with Crippen LogP contribution in [0.2, 0.25) is 5.02 Å². The zero-order chi connectivity index (χ0) is 35.8. The highest BCUT2D eigenvalue weighted by atomic mass is 35.5. The van der Waals surface area contributed by atoms with E-state index in [1.54, 1.807) is 30.1 Å². The normalized spacial score (nSPS) is 21.4. The van der Waals surface area contributed by atoms with Gasteiger partial charge in [0.25, 0.3) is 5.91 Å². The van der Waals surface area contributed by atoms with Gasteiger partial charge < -0.3 is 20.3 Å². The lowest BCUT2D eigenvalue weighted by Crippen LogP contribution is -2.68. The summed E-state index contributed by atoms with van der Waals surface area (Å²) in [6, 6.07) is 8.20. The number of hydrogen-bond donors (Lipinski definition) is 1. The number of fused-ring (bicyclic) bond motifs is 2. The van der Waals surface area contributed by atoms with Crippen LogP contribution in [0.4, 0.5) is 19.6 Å². The first-order valence-corrected chi connectivity index (χ1v) is 18.2. The number of anilines is 2. The van der Waals surface area contributed by atoms with Gasteiger partial charge in [0, 0.05) is 55.3 Å². The minimum atomic E-state index is -0.749. The van der Waals surface area contributed by atoms with Gasteiger partial charge >= 0.3 is 6.01 Å². The number of benzene rings is 2. The molecule has 1 amide bonds. The minimum Gasteiger partial charge on any atom is -0.459 e. The zero-order valence-electron chi connectivity index (χ0n) is 28.4. The molecule has 3 atom stereocenters. The second kappa shape index (κ2) is 12.6. The maximum Gasteiger partial charge on any atom is 0.319 e. The number of ether oxygens (including phenoxy) is 1. The fraction of sp³-hybridized carbons (Fsp3) is 0.417. The number of aromatic nitrogens is 4. The van der Waals surface area contributed by atoms with Crippen LogP contribution in [0, 0.1) is 23.0 Å². The highest BCUT2D eigenvalue weighted by Gasteiger charge is 2.50. The van der Waals surface area contributed by atoms with Crippen LogP contribution in [-0.4, -0.2) is 86.4 Å². The number of hydrogen-bond acceptors (Lipinski definition) is 10. The molecular weight excluding hydrogens is 696 g/mol. The summed E-state index contributed by atoms with van der Waals surface area (Å²) in [7, 11) is 3.81. The molecule has 2 N–H and O–H groups in total. The van der Waals surface area contributed by atoms with Crippen molar-refractivity contribution in [2.45, 2.75) is 56.7 Å². The summed E-state index contributed by atoms with van der Waals surface area (Å²) in [5.41, 5.74) is 6.44. The lowest BCUT2D eigenvalue weighted by Gasteiger charge is -2.57. The standard InChI is InChI=1S/C36H36ClF2N9O2S/c1-19(25-6-4-13-45(25)2)50-35-43-30-21(16-23(37)28(29(30)39)20-7-8-24(38)31-27(20)22(17-40)32(41)51-31)33(44-35)47-14-5-10-36(18-47)11-15-48(36)34(49)26-9-12-42-46(26)3/h7-9,12,16,19,25H,4-6,10-11,13-15,18,41H2,1-3H3/t19?,25-,36?/m0/s1. The number of carbonyl (C=O) groups is 1. The summed E-state index contributed by atoms with van der Waals surface area (Å²) >= 11 is 7.87. The van der Waals surface area contributed by atoms with Crippen LogP contribution < -0.4 is 15.4 Å². The Kier molecular flexibility index (Phi) is 8.27. The molecule has 5 aromatic rings. The van der Waals surface area contributed by atoms with E-state index in [0.29, 0.717) is 36.5 Å². The smallest absolute Gasteiger partial charge is 0.319 e. The number of halogens is 3. The lowest BCUT2D eigenvalue weighted by atomic mass is 9.77. The lowest BCUT2D eigenvalue weighted by molar-refractivity contribution is -0.0111. The molecule has 0 aliphatic carbocycles. The minimum absolute atomic E-state index is 0.0170. The van der Waals surface area contributed by atoms with E-state index in [0.717, 1.165) is 50.0 Å². The molecule has 15 heteroatoms. The van der Waals surface area contributed by atoms with Crippen molar-refractivity contribution in [1.82, 2.24) is 29.5 Å². The summed E-state index contributed by atoms with van der Waals surface area (Å²) in [5.74, 6) is -0.942. The predicted molar refractivity (Wildman–Crippen MR) is 193 cm³/mol. The predicted octanol–water partition coefficient (Wildman–Crippen LogP) is 6.38. The first-order chi connectivity index (χ1) is 24.5. The fourth-order valence-corrected chi connectivity index (χ4v) is 9.52. The summed E-state index contributed by atoms with van der Waals surface area (Å²) in [6.07, 6.45) is 5.73. The molecule has 2 unspecified atom stereocenters. The molecule has 2 aromatic carbocycles. The first kappa shape index (κ1) is 33.6. The van der Waals surface area contributed by atoms with Crippen LogP contribution in [0.15, 0.2) is 30.5 Å². The van der Waals surface area contributed by atoms with E-state index < -0.39 is 17.2 Å². The second-order valence-corrected chi connectivity index (χ2v) is 15.3. The molecule has 264 valence electrons. The third kappa shape index (κ3) is 5.36. The molecule has 3 aliphatic heterocycles. The number of rotatable bonds is 6. The molecule has 3 aromatic heterocycles. The molecule has 51 heavy (non-hydrogen) atoms. The van der Waals surface area contributed by atoms with Crippen LogP contribution in [0.3, 0.4) is 0 Å². The molecule has 3 fully saturated rings. The van der Waals surface area contributed by atoms with E-state index in [9.17, 15) is 14.4 Å². The van der Waals surface area contributed by atoms with Crippen LogP contribution in [0.25, 0.3) is 32.1 Å². The molecule has 0 radical (unpaired) electrons. The van der Waals surface area contributed by atoms with Crippen molar-refractivity contribution >= 4 is 60.7 Å². The summed E-state index contributed by atoms with van der Waals surface area (Å²) < 4.78 is 40.3. The van der Waals surface area contributed by atoms with Crippen molar-refractivity contribution in [1.29, 1.82) is 5.26 Å². The molecule has 0 saturated carbocycles. The van der Waals surface area contributed by atoms with E-state index in [-0.39, 0.29) is 66.4 Å². The molecule has 0 bridgehead atoms. The summed E-state index contributed by atoms with van der Waals surface area (Å²) in [5, 5.41) is 14.9. The van der Waals surface area contributed by atoms with Crippen molar-refractivity contribution in [3.8, 4) is 23.2 Å². The number of likely N-dealkylation sites (N-methyl/N-ethyl adjacent to an activating group) is 1. The van der Waals surface area contributed by atoms with Crippen LogP contribution >= 0.6 is 22.9 Å². The van der Waals surface area contributed by atoms with Gasteiger partial charge in [0.1, 0.15) is 40.0 Å². The molecule has 11 nitrogen and oxygen atoms in total. The SMILES string of the molecule is CC(Oc1nc(N2CCCC3(CCN3C(=O)c3ccnn3C)C2)c2cc(Cl)c(-c3ccc(F)c4sc(N)c(C#N)c34)c(F)c2n1)[C@@H]1CCCN1C. The van der Waals surface area contributed by atoms with Crippen LogP contribution in [-0.2, 0) is 7.05 Å². The molecule has 3 aliphatic rings. The van der Waals surface area contributed by atoms with Crippen molar-refractivity contribution in [2.24, 2.45) is 7.05 Å². The summed E-state index contributed by atoms with van der Waals surface area (Å²) in [6.45, 7) is 4.63. The number of amides is 1. The largest absolute Gasteiger partial charge is 0.459 e. The number of likely N-dealkylation sites (tertiary alicyclic amines) is 2. The average Bonchev–Trinajstić information content (AvgIpc) is 3.83. The number of aryl methyl sites for hydroxylation is 1. The number of nitriles is 1. The molecular formula is C36H36ClF2N9O2S. The number of nitrogens with zero attached hydrogens (tertiary/aromatic N) is 8. The topological polar surface area (TPSA) is 129 Å². The van der Waals surface area contributed by atoms with Crippen LogP contribution in [0.1, 0.15) is 55.1 Å². The molecule has 6 heterocycles. The van der Waals surface area contributed by atoms with Gasteiger partial charge in [-0.25, -0.2) is 8.78 Å². The van der Waals surface area contributed by atoms with Crippen molar-refractivity contribution in [3.63, 3.8) is 0 Å². The van der Waals surface area contributed by atoms with Gasteiger partial charge in [-0.1, -0.05) is 17.7 Å². The van der Waals surface area contributed by atoms with E-state index >= 15 is 4.39 Å². The highest BCUT2D eigenvalue weighted by Crippen LogP contribution is 2.47. The average molecular weight is 732 g/mol. The molecule has 3 saturated heterocycles. The fourth-order valence-electron chi connectivity index (χ4n) is 8.28. The van der Waals surface area contributed by atoms with Gasteiger partial charge in [-0.15, -0.1) is 11.3 Å².